The van der Waals surface area contributed by atoms with E-state index < -0.39 is 0 Å². The third-order valence-electron chi connectivity index (χ3n) is 5.03. The van der Waals surface area contributed by atoms with E-state index in [4.69, 9.17) is 0 Å². The van der Waals surface area contributed by atoms with Crippen LogP contribution in [0, 0.1) is 0 Å². The van der Waals surface area contributed by atoms with Crippen molar-refractivity contribution in [3.63, 3.8) is 0 Å². The molecule has 0 saturated carbocycles. The minimum Gasteiger partial charge on any atom is -0.0807 e. The van der Waals surface area contributed by atoms with Gasteiger partial charge in [-0.2, -0.15) is 0 Å². The number of hydrogen-bond donors (Lipinski definition) is 0. The molecule has 0 aromatic heterocycles. The van der Waals surface area contributed by atoms with Gasteiger partial charge in [0.2, 0.25) is 0 Å². The van der Waals surface area contributed by atoms with Crippen LogP contribution in [0.3, 0.4) is 0 Å². The van der Waals surface area contributed by atoms with Crippen molar-refractivity contribution in [2.24, 2.45) is 0 Å². The third kappa shape index (κ3) is 3.86. The van der Waals surface area contributed by atoms with Crippen LogP contribution in [0.5, 0.6) is 0 Å². The van der Waals surface area contributed by atoms with Crippen LogP contribution >= 0.6 is 0 Å². The van der Waals surface area contributed by atoms with Gasteiger partial charge >= 0.3 is 0 Å². The molecule has 0 atom stereocenters. The Labute approximate surface area is 156 Å². The molecule has 4 rings (SSSR count). The van der Waals surface area contributed by atoms with E-state index in [1.165, 1.54) is 59.1 Å². The van der Waals surface area contributed by atoms with Gasteiger partial charge in [0, 0.05) is 0 Å². The van der Waals surface area contributed by atoms with Gasteiger partial charge in [0.1, 0.15) is 0 Å². The summed E-state index contributed by atoms with van der Waals surface area (Å²) >= 11 is 0. The fourth-order valence-electron chi connectivity index (χ4n) is 3.66. The van der Waals surface area contributed by atoms with Gasteiger partial charge in [-0.15, -0.1) is 0 Å². The topological polar surface area (TPSA) is 0 Å². The van der Waals surface area contributed by atoms with E-state index in [1.54, 1.807) is 0 Å². The Morgan fingerprint density at radius 2 is 1.42 bits per heavy atom. The summed E-state index contributed by atoms with van der Waals surface area (Å²) in [6, 6.07) is 30.3. The molecule has 0 bridgehead atoms. The van der Waals surface area contributed by atoms with Crippen LogP contribution in [0.4, 0.5) is 0 Å². The molecule has 0 nitrogen and oxygen atoms in total. The molecule has 0 fully saturated rings. The quantitative estimate of drug-likeness (QED) is 0.436. The summed E-state index contributed by atoms with van der Waals surface area (Å²) in [4.78, 5) is 0. The monoisotopic (exact) mass is 336 g/mol. The highest BCUT2D eigenvalue weighted by Gasteiger charge is 2.12. The summed E-state index contributed by atoms with van der Waals surface area (Å²) in [5, 5.41) is 0. The molecular weight excluding hydrogens is 312 g/mol. The normalized spacial score (nSPS) is 14.8. The first-order valence-electron chi connectivity index (χ1n) is 9.52. The van der Waals surface area contributed by atoms with E-state index >= 15 is 0 Å². The predicted molar refractivity (Wildman–Crippen MR) is 113 cm³/mol. The van der Waals surface area contributed by atoms with Crippen molar-refractivity contribution in [3.8, 4) is 11.1 Å². The number of benzene rings is 3. The number of hydrogen-bond acceptors (Lipinski definition) is 0. The summed E-state index contributed by atoms with van der Waals surface area (Å²) in [6.45, 7) is 0. The van der Waals surface area contributed by atoms with E-state index in [1.807, 2.05) is 0 Å². The molecule has 0 heterocycles. The molecule has 3 aromatic rings. The lowest BCUT2D eigenvalue weighted by molar-refractivity contribution is 0.715. The zero-order valence-electron chi connectivity index (χ0n) is 15.1. The average molecular weight is 336 g/mol. The molecule has 26 heavy (non-hydrogen) atoms. The van der Waals surface area contributed by atoms with Gasteiger partial charge in [-0.05, 0) is 71.2 Å². The smallest absolute Gasteiger partial charge is 0.0149 e. The number of allylic oxidation sites excluding steroid dienone is 3. The van der Waals surface area contributed by atoms with Gasteiger partial charge in [0.15, 0.2) is 0 Å². The summed E-state index contributed by atoms with van der Waals surface area (Å²) in [5.74, 6) is 0. The molecule has 0 unspecified atom stereocenters. The van der Waals surface area contributed by atoms with Crippen LogP contribution in [-0.4, -0.2) is 0 Å². The fraction of sp³-hybridized carbons (Fsp3) is 0.154. The first-order valence-corrected chi connectivity index (χ1v) is 9.52. The van der Waals surface area contributed by atoms with Crippen LogP contribution in [-0.2, 0) is 0 Å². The standard InChI is InChI=1S/C26H24/c1-4-11-21(12-5-1)19-26(23-15-8-3-9-16-23)25-18-10-17-24(20-25)22-13-6-2-7-14-22/h1-2,4-7,10-15,17-20H,3,8-9,16H2/b26-19-. The van der Waals surface area contributed by atoms with Gasteiger partial charge in [0.05, 0.1) is 0 Å². The highest BCUT2D eigenvalue weighted by atomic mass is 14.2. The van der Waals surface area contributed by atoms with Crippen molar-refractivity contribution in [1.29, 1.82) is 0 Å². The van der Waals surface area contributed by atoms with Crippen LogP contribution in [0.2, 0.25) is 0 Å². The highest BCUT2D eigenvalue weighted by Crippen LogP contribution is 2.34. The second-order valence-corrected chi connectivity index (χ2v) is 6.89. The lowest BCUT2D eigenvalue weighted by Gasteiger charge is -2.18. The highest BCUT2D eigenvalue weighted by molar-refractivity contribution is 5.92. The summed E-state index contributed by atoms with van der Waals surface area (Å²) in [5.41, 5.74) is 7.98. The SMILES string of the molecule is C1=C(/C(=C/c2ccccc2)c2cccc(-c3ccccc3)c2)CCCC1. The Balaban J connectivity index is 1.79. The summed E-state index contributed by atoms with van der Waals surface area (Å²) in [6.07, 6.45) is 9.76. The first kappa shape index (κ1) is 16.6. The van der Waals surface area contributed by atoms with Gasteiger partial charge in [-0.25, -0.2) is 0 Å². The molecule has 0 N–H and O–H groups in total. The Bertz CT molecular complexity index is 915. The largest absolute Gasteiger partial charge is 0.0807 e. The summed E-state index contributed by atoms with van der Waals surface area (Å²) < 4.78 is 0. The minimum absolute atomic E-state index is 1.17. The zero-order valence-corrected chi connectivity index (χ0v) is 15.1. The molecule has 0 radical (unpaired) electrons. The maximum absolute atomic E-state index is 2.44. The van der Waals surface area contributed by atoms with Crippen LogP contribution < -0.4 is 0 Å². The van der Waals surface area contributed by atoms with E-state index in [0.717, 1.165) is 0 Å². The van der Waals surface area contributed by atoms with E-state index in [0.29, 0.717) is 0 Å². The molecule has 0 aliphatic heterocycles. The molecule has 1 aliphatic carbocycles. The van der Waals surface area contributed by atoms with Crippen LogP contribution in [0.1, 0.15) is 36.8 Å². The molecule has 1 aliphatic rings. The van der Waals surface area contributed by atoms with Crippen molar-refractivity contribution < 1.29 is 0 Å². The second-order valence-electron chi connectivity index (χ2n) is 6.89. The maximum Gasteiger partial charge on any atom is -0.0149 e. The Kier molecular flexibility index (Phi) is 5.12. The molecule has 0 amide bonds. The van der Waals surface area contributed by atoms with E-state index in [9.17, 15) is 0 Å². The van der Waals surface area contributed by atoms with Gasteiger partial charge in [0.25, 0.3) is 0 Å². The molecular formula is C26H24. The minimum atomic E-state index is 1.17. The lowest BCUT2D eigenvalue weighted by Crippen LogP contribution is -1.96. The first-order chi connectivity index (χ1) is 12.9. The Hall–Kier alpha value is -2.86. The Morgan fingerprint density at radius 3 is 2.15 bits per heavy atom. The van der Waals surface area contributed by atoms with Gasteiger partial charge in [-0.1, -0.05) is 84.9 Å². The zero-order chi connectivity index (χ0) is 17.6. The second kappa shape index (κ2) is 8.01. The Morgan fingerprint density at radius 1 is 0.692 bits per heavy atom. The van der Waals surface area contributed by atoms with Crippen molar-refractivity contribution in [3.05, 3.63) is 108 Å². The van der Waals surface area contributed by atoms with Crippen molar-refractivity contribution >= 4 is 11.6 Å². The van der Waals surface area contributed by atoms with Gasteiger partial charge < -0.3 is 0 Å². The molecule has 128 valence electrons. The van der Waals surface area contributed by atoms with Crippen molar-refractivity contribution in [2.75, 3.05) is 0 Å². The molecule has 3 aromatic carbocycles. The fourth-order valence-corrected chi connectivity index (χ4v) is 3.66. The molecule has 0 saturated heterocycles. The van der Waals surface area contributed by atoms with E-state index in [-0.39, 0.29) is 0 Å². The predicted octanol–water partition coefficient (Wildman–Crippen LogP) is 7.39. The number of rotatable bonds is 4. The summed E-state index contributed by atoms with van der Waals surface area (Å²) in [7, 11) is 0. The van der Waals surface area contributed by atoms with E-state index in [2.05, 4.69) is 97.1 Å². The van der Waals surface area contributed by atoms with Crippen molar-refractivity contribution in [2.45, 2.75) is 25.7 Å². The molecule has 0 spiro atoms. The lowest BCUT2D eigenvalue weighted by atomic mass is 9.87. The average Bonchev–Trinajstić information content (AvgIpc) is 2.74. The van der Waals surface area contributed by atoms with Crippen LogP contribution in [0.25, 0.3) is 22.8 Å². The van der Waals surface area contributed by atoms with Gasteiger partial charge in [-0.3, -0.25) is 0 Å². The molecule has 0 heteroatoms. The third-order valence-corrected chi connectivity index (χ3v) is 5.03. The van der Waals surface area contributed by atoms with Crippen molar-refractivity contribution in [1.82, 2.24) is 0 Å². The maximum atomic E-state index is 2.44. The van der Waals surface area contributed by atoms with Crippen LogP contribution in [0.15, 0.2) is 96.6 Å².